The molecule has 15 unspecified atom stereocenters. The van der Waals surface area contributed by atoms with Crippen molar-refractivity contribution < 1.29 is 114 Å². The van der Waals surface area contributed by atoms with Crippen LogP contribution in [0.2, 0.25) is 0 Å². The second kappa shape index (κ2) is 20.0. The van der Waals surface area contributed by atoms with E-state index >= 15 is 0 Å². The summed E-state index contributed by atoms with van der Waals surface area (Å²) in [6, 6.07) is 10.5. The van der Waals surface area contributed by atoms with Crippen LogP contribution in [0.1, 0.15) is 5.56 Å². The number of carbonyl (C=O) groups is 1. The van der Waals surface area contributed by atoms with Gasteiger partial charge in [0.1, 0.15) is 89.3 Å². The van der Waals surface area contributed by atoms with Crippen molar-refractivity contribution in [3.8, 4) is 45.8 Å². The third-order valence-corrected chi connectivity index (χ3v) is 11.0. The zero-order valence-electron chi connectivity index (χ0n) is 34.0. The van der Waals surface area contributed by atoms with E-state index in [1.165, 1.54) is 36.4 Å². The van der Waals surface area contributed by atoms with Gasteiger partial charge in [-0.2, -0.15) is 0 Å². The van der Waals surface area contributed by atoms with Crippen molar-refractivity contribution in [2.45, 2.75) is 92.1 Å². The average molecular weight is 935 g/mol. The molecule has 3 fully saturated rings. The lowest BCUT2D eigenvalue weighted by molar-refractivity contribution is -0.358. The molecule has 1 aromatic heterocycles. The number of phenolic OH excluding ortho intramolecular Hbond substituents is 4. The van der Waals surface area contributed by atoms with E-state index in [0.29, 0.717) is 0 Å². The van der Waals surface area contributed by atoms with Crippen LogP contribution in [0, 0.1) is 0 Å². The number of aromatic hydroxyl groups is 4. The Kier molecular flexibility index (Phi) is 14.7. The Morgan fingerprint density at radius 3 is 1.88 bits per heavy atom. The Balaban J connectivity index is 1.22. The number of aliphatic hydroxyl groups excluding tert-OH is 10. The Bertz CT molecular complexity index is 2420. The lowest BCUT2D eigenvalue weighted by Crippen LogP contribution is -2.65. The fourth-order valence-electron chi connectivity index (χ4n) is 7.39. The molecule has 4 heterocycles. The van der Waals surface area contributed by atoms with Gasteiger partial charge in [-0.15, -0.1) is 0 Å². The van der Waals surface area contributed by atoms with Crippen LogP contribution in [-0.2, 0) is 28.5 Å². The van der Waals surface area contributed by atoms with Gasteiger partial charge in [0.2, 0.25) is 23.8 Å². The Hall–Kier alpha value is -5.68. The van der Waals surface area contributed by atoms with Crippen LogP contribution in [0.25, 0.3) is 28.4 Å². The van der Waals surface area contributed by atoms with Crippen molar-refractivity contribution in [2.75, 3.05) is 19.8 Å². The largest absolute Gasteiger partial charge is 0.508 e. The standard InChI is InChI=1S/C42H46O24/c43-12-23-28(51)32(55)34(57)40(61-23)59-18-10-21(49)27-22(11-18)60-36(16-3-5-17(46)6-4-16)38(31(27)54)65-42-39(33(56)29(52)24(13-44)63-42)66-41-35(58)37(30(53)25(14-45)62-41)64-26(50)8-2-15-1-7-19(47)20(48)9-15/h1-11,23-25,28-30,32-35,37,39-49,51-53,55-58H,12-14H2. The van der Waals surface area contributed by atoms with Crippen molar-refractivity contribution in [1.82, 2.24) is 0 Å². The van der Waals surface area contributed by atoms with Gasteiger partial charge in [0, 0.05) is 23.8 Å². The fourth-order valence-corrected chi connectivity index (χ4v) is 7.39. The van der Waals surface area contributed by atoms with Crippen LogP contribution in [0.4, 0.5) is 0 Å². The van der Waals surface area contributed by atoms with E-state index in [2.05, 4.69) is 0 Å². The van der Waals surface area contributed by atoms with E-state index < -0.39 is 163 Å². The van der Waals surface area contributed by atoms with Crippen LogP contribution >= 0.6 is 0 Å². The molecular formula is C42H46O24. The van der Waals surface area contributed by atoms with Crippen LogP contribution in [0.15, 0.2) is 69.9 Å². The van der Waals surface area contributed by atoms with Crippen molar-refractivity contribution in [1.29, 1.82) is 0 Å². The molecule has 3 aliphatic rings. The molecule has 66 heavy (non-hydrogen) atoms. The summed E-state index contributed by atoms with van der Waals surface area (Å²) in [5.41, 5.74) is -1.28. The number of carbonyl (C=O) groups excluding carboxylic acids is 1. The molecule has 24 nitrogen and oxygen atoms in total. The highest BCUT2D eigenvalue weighted by molar-refractivity contribution is 5.89. The zero-order chi connectivity index (χ0) is 47.7. The summed E-state index contributed by atoms with van der Waals surface area (Å²) >= 11 is 0. The van der Waals surface area contributed by atoms with Gasteiger partial charge in [-0.1, -0.05) is 6.07 Å². The van der Waals surface area contributed by atoms with Gasteiger partial charge in [-0.25, -0.2) is 4.79 Å². The van der Waals surface area contributed by atoms with Crippen LogP contribution in [0.3, 0.4) is 0 Å². The maximum absolute atomic E-state index is 14.4. The topological polar surface area (TPSA) is 395 Å². The highest BCUT2D eigenvalue weighted by atomic mass is 16.8. The summed E-state index contributed by atoms with van der Waals surface area (Å²) in [6.07, 6.45) is -25.9. The van der Waals surface area contributed by atoms with Crippen molar-refractivity contribution in [2.24, 2.45) is 0 Å². The molecule has 24 heteroatoms. The zero-order valence-corrected chi connectivity index (χ0v) is 34.0. The van der Waals surface area contributed by atoms with Gasteiger partial charge in [-0.05, 0) is 48.0 Å². The van der Waals surface area contributed by atoms with E-state index in [0.717, 1.165) is 30.3 Å². The molecule has 0 aliphatic carbocycles. The molecule has 7 rings (SSSR count). The maximum Gasteiger partial charge on any atom is 0.331 e. The molecule has 3 aromatic carbocycles. The van der Waals surface area contributed by atoms with Gasteiger partial charge >= 0.3 is 5.97 Å². The van der Waals surface area contributed by atoms with Gasteiger partial charge in [0.05, 0.1) is 19.8 Å². The highest BCUT2D eigenvalue weighted by Crippen LogP contribution is 2.40. The lowest BCUT2D eigenvalue weighted by atomic mass is 9.97. The summed E-state index contributed by atoms with van der Waals surface area (Å²) in [5, 5.41) is 145. The molecule has 4 aromatic rings. The minimum Gasteiger partial charge on any atom is -0.508 e. The molecule has 0 amide bonds. The minimum absolute atomic E-state index is 0.0286. The number of esters is 1. The predicted molar refractivity (Wildman–Crippen MR) is 215 cm³/mol. The first-order chi connectivity index (χ1) is 31.4. The molecule has 3 saturated heterocycles. The number of rotatable bonds is 13. The number of benzene rings is 3. The second-order valence-electron chi connectivity index (χ2n) is 15.4. The minimum atomic E-state index is -2.13. The first-order valence-corrected chi connectivity index (χ1v) is 20.0. The number of ether oxygens (including phenoxy) is 7. The summed E-state index contributed by atoms with van der Waals surface area (Å²) in [6.45, 7) is -2.67. The van der Waals surface area contributed by atoms with Gasteiger partial charge in [-0.3, -0.25) is 4.79 Å². The number of hydrogen-bond donors (Lipinski definition) is 14. The Labute approximate surface area is 370 Å². The fraction of sp³-hybridized carbons (Fsp3) is 0.429. The molecule has 0 bridgehead atoms. The molecule has 358 valence electrons. The van der Waals surface area contributed by atoms with E-state index in [1.54, 1.807) is 0 Å². The summed E-state index contributed by atoms with van der Waals surface area (Å²) in [5.74, 6) is -4.67. The number of hydrogen-bond acceptors (Lipinski definition) is 24. The average Bonchev–Trinajstić information content (AvgIpc) is 3.29. The van der Waals surface area contributed by atoms with Crippen LogP contribution in [0.5, 0.6) is 34.5 Å². The molecule has 14 N–H and O–H groups in total. The predicted octanol–water partition coefficient (Wildman–Crippen LogP) is -3.27. The maximum atomic E-state index is 14.4. The van der Waals surface area contributed by atoms with Gasteiger partial charge in [0.15, 0.2) is 35.8 Å². The molecule has 3 aliphatic heterocycles. The molecular weight excluding hydrogens is 888 g/mol. The Morgan fingerprint density at radius 1 is 0.606 bits per heavy atom. The van der Waals surface area contributed by atoms with Crippen molar-refractivity contribution in [3.63, 3.8) is 0 Å². The summed E-state index contributed by atoms with van der Waals surface area (Å²) in [7, 11) is 0. The number of phenols is 4. The summed E-state index contributed by atoms with van der Waals surface area (Å²) < 4.78 is 45.6. The normalized spacial score (nSPS) is 32.6. The molecule has 0 saturated carbocycles. The number of aliphatic hydroxyl groups is 10. The van der Waals surface area contributed by atoms with Crippen LogP contribution in [-0.4, -0.2) is 189 Å². The highest BCUT2D eigenvalue weighted by Gasteiger charge is 2.53. The van der Waals surface area contributed by atoms with Gasteiger partial charge < -0.3 is 109 Å². The van der Waals surface area contributed by atoms with E-state index in [9.17, 15) is 81.1 Å². The Morgan fingerprint density at radius 2 is 1.23 bits per heavy atom. The SMILES string of the molecule is O=C(C=Cc1ccc(O)c(O)c1)OC1C(O)C(CO)OC(OC2C(Oc3c(-c4ccc(O)cc4)oc4cc(OC5OC(CO)C(O)C(O)C5O)cc(O)c4c3=O)OC(CO)C(O)C2O)C1O. The monoisotopic (exact) mass is 934 g/mol. The molecule has 0 spiro atoms. The second-order valence-corrected chi connectivity index (χ2v) is 15.4. The van der Waals surface area contributed by atoms with E-state index in [4.69, 9.17) is 37.6 Å². The summed E-state index contributed by atoms with van der Waals surface area (Å²) in [4.78, 5) is 27.3. The molecule has 15 atom stereocenters. The number of fused-ring (bicyclic) bond motifs is 1. The third-order valence-electron chi connectivity index (χ3n) is 11.0. The van der Waals surface area contributed by atoms with E-state index in [-0.39, 0.29) is 22.6 Å². The quantitative estimate of drug-likeness (QED) is 0.0355. The van der Waals surface area contributed by atoms with Crippen molar-refractivity contribution in [3.05, 3.63) is 76.5 Å². The van der Waals surface area contributed by atoms with Gasteiger partial charge in [0.25, 0.3) is 0 Å². The first kappa shape index (κ1) is 48.3. The van der Waals surface area contributed by atoms with Crippen LogP contribution < -0.4 is 14.9 Å². The van der Waals surface area contributed by atoms with Crippen molar-refractivity contribution >= 4 is 23.0 Å². The smallest absolute Gasteiger partial charge is 0.331 e. The van der Waals surface area contributed by atoms with E-state index in [1.807, 2.05) is 0 Å². The third kappa shape index (κ3) is 9.73. The first-order valence-electron chi connectivity index (χ1n) is 20.0. The molecule has 0 radical (unpaired) electrons. The lowest BCUT2D eigenvalue weighted by Gasteiger charge is -2.46.